The van der Waals surface area contributed by atoms with E-state index in [9.17, 15) is 5.11 Å². The Labute approximate surface area is 134 Å². The van der Waals surface area contributed by atoms with Crippen molar-refractivity contribution in [3.8, 4) is 11.4 Å². The molecule has 0 aliphatic carbocycles. The first kappa shape index (κ1) is 15.4. The molecule has 3 rings (SSSR count). The molecule has 0 aliphatic rings. The summed E-state index contributed by atoms with van der Waals surface area (Å²) < 4.78 is 6.67. The largest absolute Gasteiger partial charge is 0.389 e. The molecule has 120 valence electrons. The number of hydrogen-bond donors (Lipinski definition) is 1. The molecule has 2 heterocycles. The van der Waals surface area contributed by atoms with E-state index in [1.165, 1.54) is 0 Å². The van der Waals surface area contributed by atoms with Gasteiger partial charge in [0.1, 0.15) is 5.82 Å². The second-order valence-corrected chi connectivity index (χ2v) is 5.34. The van der Waals surface area contributed by atoms with Gasteiger partial charge >= 0.3 is 0 Å². The molecule has 1 atom stereocenters. The maximum absolute atomic E-state index is 9.86. The molecule has 0 saturated carbocycles. The van der Waals surface area contributed by atoms with Gasteiger partial charge in [-0.1, -0.05) is 30.3 Å². The predicted octanol–water partition coefficient (Wildman–Crippen LogP) is 1.23. The van der Waals surface area contributed by atoms with Crippen LogP contribution in [0.2, 0.25) is 0 Å². The van der Waals surface area contributed by atoms with E-state index in [1.54, 1.807) is 11.6 Å². The Morgan fingerprint density at radius 2 is 1.96 bits per heavy atom. The van der Waals surface area contributed by atoms with Crippen LogP contribution in [0.4, 0.5) is 5.82 Å². The van der Waals surface area contributed by atoms with E-state index in [1.807, 2.05) is 54.4 Å². The minimum Gasteiger partial charge on any atom is -0.389 e. The van der Waals surface area contributed by atoms with Crippen molar-refractivity contribution in [3.05, 3.63) is 42.5 Å². The molecule has 2 aromatic heterocycles. The number of nitrogens with zero attached hydrogens (tertiary/aromatic N) is 5. The molecule has 3 aromatic rings. The van der Waals surface area contributed by atoms with Crippen molar-refractivity contribution < 1.29 is 9.84 Å². The normalized spacial score (nSPS) is 12.5. The molecule has 1 aromatic carbocycles. The number of fused-ring (bicyclic) bond motifs is 1. The van der Waals surface area contributed by atoms with Crippen LogP contribution >= 0.6 is 0 Å². The van der Waals surface area contributed by atoms with Crippen LogP contribution in [0.15, 0.2) is 42.5 Å². The number of ether oxygens (including phenoxy) is 1. The third-order valence-corrected chi connectivity index (χ3v) is 3.52. The number of methoxy groups -OCH3 is 1. The fourth-order valence-corrected chi connectivity index (χ4v) is 2.40. The number of benzene rings is 1. The van der Waals surface area contributed by atoms with Gasteiger partial charge in [0.2, 0.25) is 0 Å². The second kappa shape index (κ2) is 6.72. The highest BCUT2D eigenvalue weighted by atomic mass is 16.5. The van der Waals surface area contributed by atoms with Gasteiger partial charge in [-0.15, -0.1) is 15.3 Å². The summed E-state index contributed by atoms with van der Waals surface area (Å²) in [5.41, 5.74) is 1.63. The molecule has 0 fully saturated rings. The lowest BCUT2D eigenvalue weighted by Crippen LogP contribution is -2.32. The van der Waals surface area contributed by atoms with Crippen molar-refractivity contribution in [2.45, 2.75) is 6.10 Å². The summed E-state index contributed by atoms with van der Waals surface area (Å²) in [4.78, 5) is 1.87. The van der Waals surface area contributed by atoms with E-state index in [-0.39, 0.29) is 6.61 Å². The lowest BCUT2D eigenvalue weighted by molar-refractivity contribution is 0.0694. The fraction of sp³-hybridized carbons (Fsp3) is 0.312. The summed E-state index contributed by atoms with van der Waals surface area (Å²) in [5.74, 6) is 1.41. The molecule has 7 nitrogen and oxygen atoms in total. The van der Waals surface area contributed by atoms with Gasteiger partial charge in [-0.05, 0) is 12.1 Å². The van der Waals surface area contributed by atoms with Crippen molar-refractivity contribution in [2.24, 2.45) is 0 Å². The SMILES string of the molecule is COCC(O)CN(C)c1ccc2nnc(-c3ccccc3)n2n1. The van der Waals surface area contributed by atoms with Gasteiger partial charge in [-0.25, -0.2) is 0 Å². The van der Waals surface area contributed by atoms with Gasteiger partial charge in [0.15, 0.2) is 11.5 Å². The Morgan fingerprint density at radius 1 is 1.17 bits per heavy atom. The average molecular weight is 313 g/mol. The van der Waals surface area contributed by atoms with E-state index < -0.39 is 6.10 Å². The van der Waals surface area contributed by atoms with Gasteiger partial charge < -0.3 is 14.7 Å². The van der Waals surface area contributed by atoms with Crippen LogP contribution in [0.1, 0.15) is 0 Å². The summed E-state index contributed by atoms with van der Waals surface area (Å²) in [6.45, 7) is 0.712. The van der Waals surface area contributed by atoms with Crippen LogP contribution in [0, 0.1) is 0 Å². The number of aliphatic hydroxyl groups is 1. The number of likely N-dealkylation sites (N-methyl/N-ethyl adjacent to an activating group) is 1. The lowest BCUT2D eigenvalue weighted by atomic mass is 10.2. The van der Waals surface area contributed by atoms with Crippen molar-refractivity contribution in [3.63, 3.8) is 0 Å². The summed E-state index contributed by atoms with van der Waals surface area (Å²) in [6.07, 6.45) is -0.572. The zero-order valence-electron chi connectivity index (χ0n) is 13.1. The van der Waals surface area contributed by atoms with Crippen LogP contribution in [0.3, 0.4) is 0 Å². The minimum absolute atomic E-state index is 0.286. The summed E-state index contributed by atoms with van der Waals surface area (Å²) in [5, 5.41) is 22.8. The minimum atomic E-state index is -0.572. The first-order valence-corrected chi connectivity index (χ1v) is 7.35. The number of hydrogen-bond acceptors (Lipinski definition) is 6. The highest BCUT2D eigenvalue weighted by molar-refractivity contribution is 5.59. The molecule has 0 saturated heterocycles. The number of aromatic nitrogens is 4. The molecule has 23 heavy (non-hydrogen) atoms. The summed E-state index contributed by atoms with van der Waals surface area (Å²) in [7, 11) is 3.44. The van der Waals surface area contributed by atoms with Crippen molar-refractivity contribution in [1.82, 2.24) is 19.8 Å². The van der Waals surface area contributed by atoms with E-state index >= 15 is 0 Å². The zero-order chi connectivity index (χ0) is 16.2. The molecule has 7 heteroatoms. The zero-order valence-corrected chi connectivity index (χ0v) is 13.1. The molecule has 1 N–H and O–H groups in total. The second-order valence-electron chi connectivity index (χ2n) is 5.34. The Bertz CT molecular complexity index is 774. The Kier molecular flexibility index (Phi) is 4.50. The molecule has 1 unspecified atom stereocenters. The molecular formula is C16H19N5O2. The Hall–Kier alpha value is -2.51. The summed E-state index contributed by atoms with van der Waals surface area (Å²) >= 11 is 0. The molecule has 0 radical (unpaired) electrons. The van der Waals surface area contributed by atoms with E-state index in [0.29, 0.717) is 18.0 Å². The van der Waals surface area contributed by atoms with Crippen LogP contribution < -0.4 is 4.90 Å². The van der Waals surface area contributed by atoms with Gasteiger partial charge in [0.25, 0.3) is 0 Å². The topological polar surface area (TPSA) is 75.8 Å². The smallest absolute Gasteiger partial charge is 0.185 e. The van der Waals surface area contributed by atoms with Gasteiger partial charge in [-0.2, -0.15) is 4.52 Å². The third-order valence-electron chi connectivity index (χ3n) is 3.52. The lowest BCUT2D eigenvalue weighted by Gasteiger charge is -2.21. The molecular weight excluding hydrogens is 294 g/mol. The van der Waals surface area contributed by atoms with Crippen molar-refractivity contribution in [1.29, 1.82) is 0 Å². The average Bonchev–Trinajstić information content (AvgIpc) is 2.99. The molecule has 0 amide bonds. The summed E-state index contributed by atoms with van der Waals surface area (Å²) in [6, 6.07) is 13.5. The number of anilines is 1. The molecule has 0 aliphatic heterocycles. The van der Waals surface area contributed by atoms with Gasteiger partial charge in [0.05, 0.1) is 12.7 Å². The van der Waals surface area contributed by atoms with Crippen LogP contribution in [0.5, 0.6) is 0 Å². The maximum atomic E-state index is 9.86. The molecule has 0 bridgehead atoms. The quantitative estimate of drug-likeness (QED) is 0.738. The predicted molar refractivity (Wildman–Crippen MR) is 87.4 cm³/mol. The van der Waals surface area contributed by atoms with Gasteiger partial charge in [0, 0.05) is 26.3 Å². The fourth-order valence-electron chi connectivity index (χ4n) is 2.40. The monoisotopic (exact) mass is 313 g/mol. The Balaban J connectivity index is 1.92. The third kappa shape index (κ3) is 3.30. The first-order valence-electron chi connectivity index (χ1n) is 7.35. The first-order chi connectivity index (χ1) is 11.2. The van der Waals surface area contributed by atoms with Crippen LogP contribution in [-0.2, 0) is 4.74 Å². The number of aliphatic hydroxyl groups excluding tert-OH is 1. The number of rotatable bonds is 6. The van der Waals surface area contributed by atoms with Gasteiger partial charge in [-0.3, -0.25) is 0 Å². The highest BCUT2D eigenvalue weighted by Gasteiger charge is 2.13. The van der Waals surface area contributed by atoms with E-state index in [4.69, 9.17) is 4.74 Å². The van der Waals surface area contributed by atoms with Crippen molar-refractivity contribution >= 4 is 11.5 Å². The van der Waals surface area contributed by atoms with Crippen molar-refractivity contribution in [2.75, 3.05) is 32.2 Å². The van der Waals surface area contributed by atoms with Crippen LogP contribution in [-0.4, -0.2) is 58.3 Å². The van der Waals surface area contributed by atoms with Crippen LogP contribution in [0.25, 0.3) is 17.0 Å². The maximum Gasteiger partial charge on any atom is 0.185 e. The van der Waals surface area contributed by atoms with E-state index in [2.05, 4.69) is 15.3 Å². The Morgan fingerprint density at radius 3 is 2.70 bits per heavy atom. The molecule has 0 spiro atoms. The van der Waals surface area contributed by atoms with E-state index in [0.717, 1.165) is 11.4 Å². The standard InChI is InChI=1S/C16H19N5O2/c1-20(10-13(22)11-23-2)15-9-8-14-17-18-16(21(14)19-15)12-6-4-3-5-7-12/h3-9,13,22H,10-11H2,1-2H3. The highest BCUT2D eigenvalue weighted by Crippen LogP contribution is 2.18.